The van der Waals surface area contributed by atoms with E-state index < -0.39 is 0 Å². The molecule has 0 spiro atoms. The number of aromatic nitrogens is 1. The highest BCUT2D eigenvalue weighted by Crippen LogP contribution is 2.24. The lowest BCUT2D eigenvalue weighted by atomic mass is 10.2. The minimum Gasteiger partial charge on any atom is -0.496 e. The van der Waals surface area contributed by atoms with Gasteiger partial charge in [0, 0.05) is 34.6 Å². The average Bonchev–Trinajstić information content (AvgIpc) is 3.15. The Labute approximate surface area is 183 Å². The first-order valence-corrected chi connectivity index (χ1v) is 10.5. The first kappa shape index (κ1) is 21.4. The zero-order valence-corrected chi connectivity index (χ0v) is 18.4. The van der Waals surface area contributed by atoms with E-state index >= 15 is 0 Å². The molecule has 0 unspecified atom stereocenters. The van der Waals surface area contributed by atoms with Crippen LogP contribution in [0.3, 0.4) is 0 Å². The van der Waals surface area contributed by atoms with Gasteiger partial charge in [0.15, 0.2) is 0 Å². The molecule has 0 radical (unpaired) electrons. The number of amides is 1. The Balaban J connectivity index is 1.55. The fourth-order valence-corrected chi connectivity index (χ4v) is 3.70. The number of ether oxygens (including phenoxy) is 2. The van der Waals surface area contributed by atoms with E-state index in [-0.39, 0.29) is 12.3 Å². The van der Waals surface area contributed by atoms with Gasteiger partial charge >= 0.3 is 0 Å². The van der Waals surface area contributed by atoms with Crippen LogP contribution in [0.25, 0.3) is 0 Å². The van der Waals surface area contributed by atoms with Crippen LogP contribution < -0.4 is 9.47 Å². The summed E-state index contributed by atoms with van der Waals surface area (Å²) >= 11 is 13.4. The molecule has 3 rings (SSSR count). The molecular formula is C21H20Cl2N2O3S. The Hall–Kier alpha value is -2.28. The molecule has 0 aliphatic heterocycles. The molecule has 0 saturated heterocycles. The van der Waals surface area contributed by atoms with E-state index in [1.54, 1.807) is 61.5 Å². The summed E-state index contributed by atoms with van der Waals surface area (Å²) in [7, 11) is 3.34. The number of likely N-dealkylation sites (N-methyl/N-ethyl adjacent to an activating group) is 1. The summed E-state index contributed by atoms with van der Waals surface area (Å²) in [5.41, 5.74) is 1.57. The summed E-state index contributed by atoms with van der Waals surface area (Å²) in [4.78, 5) is 18.7. The second-order valence-electron chi connectivity index (χ2n) is 6.36. The van der Waals surface area contributed by atoms with Crippen LogP contribution in [0.4, 0.5) is 0 Å². The maximum atomic E-state index is 12.6. The van der Waals surface area contributed by atoms with Crippen molar-refractivity contribution in [3.8, 4) is 11.5 Å². The number of halogens is 2. The topological polar surface area (TPSA) is 51.7 Å². The maximum Gasteiger partial charge on any atom is 0.228 e. The van der Waals surface area contributed by atoms with Crippen molar-refractivity contribution in [1.29, 1.82) is 0 Å². The Bertz CT molecular complexity index is 976. The molecule has 1 aromatic heterocycles. The van der Waals surface area contributed by atoms with Crippen LogP contribution >= 0.6 is 34.5 Å². The van der Waals surface area contributed by atoms with Gasteiger partial charge in [-0.2, -0.15) is 0 Å². The summed E-state index contributed by atoms with van der Waals surface area (Å²) in [5, 5.41) is 3.95. The smallest absolute Gasteiger partial charge is 0.228 e. The summed E-state index contributed by atoms with van der Waals surface area (Å²) in [6.45, 7) is 0.745. The number of methoxy groups -OCH3 is 1. The molecule has 3 aromatic rings. The molecule has 8 heteroatoms. The molecule has 0 fully saturated rings. The van der Waals surface area contributed by atoms with Gasteiger partial charge in [-0.3, -0.25) is 4.79 Å². The van der Waals surface area contributed by atoms with Crippen LogP contribution in [0.5, 0.6) is 11.5 Å². The molecule has 1 amide bonds. The Morgan fingerprint density at radius 1 is 1.14 bits per heavy atom. The second kappa shape index (κ2) is 9.96. The van der Waals surface area contributed by atoms with Crippen molar-refractivity contribution in [2.45, 2.75) is 19.6 Å². The van der Waals surface area contributed by atoms with E-state index in [2.05, 4.69) is 4.98 Å². The lowest BCUT2D eigenvalue weighted by molar-refractivity contribution is -0.129. The lowest BCUT2D eigenvalue weighted by Crippen LogP contribution is -2.28. The molecule has 0 N–H and O–H groups in total. The van der Waals surface area contributed by atoms with Crippen molar-refractivity contribution < 1.29 is 14.3 Å². The highest BCUT2D eigenvalue weighted by molar-refractivity contribution is 7.09. The predicted octanol–water partition coefficient (Wildman–Crippen LogP) is 5.24. The van der Waals surface area contributed by atoms with E-state index in [1.165, 1.54) is 11.3 Å². The number of hydrogen-bond donors (Lipinski definition) is 0. The molecule has 0 saturated carbocycles. The van der Waals surface area contributed by atoms with Crippen molar-refractivity contribution in [2.75, 3.05) is 14.2 Å². The van der Waals surface area contributed by atoms with E-state index in [4.69, 9.17) is 32.7 Å². The number of thiazole rings is 1. The van der Waals surface area contributed by atoms with Gasteiger partial charge in [0.05, 0.1) is 19.2 Å². The predicted molar refractivity (Wildman–Crippen MR) is 116 cm³/mol. The molecule has 0 aliphatic rings. The SMILES string of the molecule is COc1ccc(Cl)cc1CN(C)C(=O)Cc1csc(COc2ccc(Cl)cc2)n1. The van der Waals surface area contributed by atoms with E-state index in [0.717, 1.165) is 22.0 Å². The molecule has 152 valence electrons. The maximum absolute atomic E-state index is 12.6. The minimum absolute atomic E-state index is 0.0394. The molecule has 1 heterocycles. The van der Waals surface area contributed by atoms with Crippen LogP contribution in [-0.4, -0.2) is 29.9 Å². The Kier molecular flexibility index (Phi) is 7.36. The van der Waals surface area contributed by atoms with Crippen LogP contribution in [-0.2, 0) is 24.4 Å². The molecule has 5 nitrogen and oxygen atoms in total. The fraction of sp³-hybridized carbons (Fsp3) is 0.238. The standard InChI is InChI=1S/C21H20Cl2N2O3S/c1-25(11-14-9-16(23)5-8-19(14)27-2)21(26)10-17-13-29-20(24-17)12-28-18-6-3-15(22)4-7-18/h3-9,13H,10-12H2,1-2H3. The lowest BCUT2D eigenvalue weighted by Gasteiger charge is -2.18. The Morgan fingerprint density at radius 3 is 2.59 bits per heavy atom. The van der Waals surface area contributed by atoms with Crippen LogP contribution in [0, 0.1) is 0 Å². The number of carbonyl (C=O) groups is 1. The first-order chi connectivity index (χ1) is 13.9. The van der Waals surface area contributed by atoms with Crippen molar-refractivity contribution in [1.82, 2.24) is 9.88 Å². The molecule has 0 atom stereocenters. The van der Waals surface area contributed by atoms with Gasteiger partial charge in [0.1, 0.15) is 23.1 Å². The number of nitrogens with zero attached hydrogens (tertiary/aromatic N) is 2. The van der Waals surface area contributed by atoms with Crippen LogP contribution in [0.2, 0.25) is 10.0 Å². The molecule has 0 aliphatic carbocycles. The van der Waals surface area contributed by atoms with Gasteiger partial charge in [0.25, 0.3) is 0 Å². The monoisotopic (exact) mass is 450 g/mol. The molecule has 29 heavy (non-hydrogen) atoms. The zero-order valence-electron chi connectivity index (χ0n) is 16.0. The number of benzene rings is 2. The third-order valence-corrected chi connectivity index (χ3v) is 5.54. The quantitative estimate of drug-likeness (QED) is 0.470. The average molecular weight is 451 g/mol. The van der Waals surface area contributed by atoms with E-state index in [0.29, 0.717) is 28.9 Å². The fourth-order valence-electron chi connectivity index (χ4n) is 2.68. The minimum atomic E-state index is -0.0394. The number of carbonyl (C=O) groups excluding carboxylic acids is 1. The molecular weight excluding hydrogens is 431 g/mol. The van der Waals surface area contributed by atoms with Gasteiger partial charge in [-0.15, -0.1) is 11.3 Å². The van der Waals surface area contributed by atoms with Gasteiger partial charge < -0.3 is 14.4 Å². The van der Waals surface area contributed by atoms with Crippen LogP contribution in [0.15, 0.2) is 47.8 Å². The van der Waals surface area contributed by atoms with Gasteiger partial charge in [-0.1, -0.05) is 23.2 Å². The van der Waals surface area contributed by atoms with Gasteiger partial charge in [-0.05, 0) is 42.5 Å². The number of hydrogen-bond acceptors (Lipinski definition) is 5. The van der Waals surface area contributed by atoms with Crippen molar-refractivity contribution in [3.05, 3.63) is 74.2 Å². The second-order valence-corrected chi connectivity index (χ2v) is 8.17. The summed E-state index contributed by atoms with van der Waals surface area (Å²) in [6.07, 6.45) is 0.219. The Morgan fingerprint density at radius 2 is 1.86 bits per heavy atom. The normalized spacial score (nSPS) is 10.6. The highest BCUT2D eigenvalue weighted by atomic mass is 35.5. The zero-order chi connectivity index (χ0) is 20.8. The van der Waals surface area contributed by atoms with Gasteiger partial charge in [0.2, 0.25) is 5.91 Å². The van der Waals surface area contributed by atoms with Crippen molar-refractivity contribution in [2.24, 2.45) is 0 Å². The first-order valence-electron chi connectivity index (χ1n) is 8.82. The largest absolute Gasteiger partial charge is 0.496 e. The number of rotatable bonds is 8. The third kappa shape index (κ3) is 6.10. The van der Waals surface area contributed by atoms with Crippen molar-refractivity contribution in [3.63, 3.8) is 0 Å². The van der Waals surface area contributed by atoms with E-state index in [1.807, 2.05) is 5.38 Å². The molecule has 0 bridgehead atoms. The van der Waals surface area contributed by atoms with Gasteiger partial charge in [-0.25, -0.2) is 4.98 Å². The highest BCUT2D eigenvalue weighted by Gasteiger charge is 2.15. The van der Waals surface area contributed by atoms with Crippen LogP contribution in [0.1, 0.15) is 16.3 Å². The summed E-state index contributed by atoms with van der Waals surface area (Å²) in [5.74, 6) is 1.38. The van der Waals surface area contributed by atoms with Crippen molar-refractivity contribution >= 4 is 40.4 Å². The molecule has 2 aromatic carbocycles. The third-order valence-electron chi connectivity index (χ3n) is 4.18. The summed E-state index contributed by atoms with van der Waals surface area (Å²) in [6, 6.07) is 12.5. The van der Waals surface area contributed by atoms with E-state index in [9.17, 15) is 4.79 Å². The summed E-state index contributed by atoms with van der Waals surface area (Å²) < 4.78 is 11.0.